The zero-order chi connectivity index (χ0) is 13.4. The van der Waals surface area contributed by atoms with Gasteiger partial charge < -0.3 is 5.32 Å². The average molecular weight is 249 g/mol. The molecule has 3 nitrogen and oxygen atoms in total. The molecule has 0 bridgehead atoms. The number of rotatable bonds is 8. The number of nitrogens with zero attached hydrogens (tertiary/aromatic N) is 2. The van der Waals surface area contributed by atoms with Gasteiger partial charge in [-0.3, -0.25) is 9.88 Å². The molecular formula is C15H27N3. The summed E-state index contributed by atoms with van der Waals surface area (Å²) in [7, 11) is 2.17. The van der Waals surface area contributed by atoms with Crippen LogP contribution in [0.4, 0.5) is 0 Å². The van der Waals surface area contributed by atoms with Crippen LogP contribution in [-0.4, -0.2) is 36.1 Å². The van der Waals surface area contributed by atoms with Crippen molar-refractivity contribution in [2.45, 2.75) is 39.8 Å². The molecule has 1 rings (SSSR count). The monoisotopic (exact) mass is 249 g/mol. The Kier molecular flexibility index (Phi) is 6.91. The fraction of sp³-hybridized carbons (Fsp3) is 0.667. The number of pyridine rings is 1. The van der Waals surface area contributed by atoms with Gasteiger partial charge in [0.25, 0.3) is 0 Å². The lowest BCUT2D eigenvalue weighted by atomic mass is 10.1. The predicted octanol–water partition coefficient (Wildman–Crippen LogP) is 2.54. The Hall–Kier alpha value is -0.930. The Morgan fingerprint density at radius 1 is 1.33 bits per heavy atom. The third-order valence-electron chi connectivity index (χ3n) is 3.25. The van der Waals surface area contributed by atoms with Crippen LogP contribution in [0.1, 0.15) is 32.8 Å². The van der Waals surface area contributed by atoms with Crippen LogP contribution < -0.4 is 5.32 Å². The van der Waals surface area contributed by atoms with Crippen LogP contribution in [0, 0.1) is 5.92 Å². The first-order chi connectivity index (χ1) is 8.59. The van der Waals surface area contributed by atoms with Crippen LogP contribution >= 0.6 is 0 Å². The highest BCUT2D eigenvalue weighted by Crippen LogP contribution is 2.04. The van der Waals surface area contributed by atoms with E-state index in [0.717, 1.165) is 25.6 Å². The quantitative estimate of drug-likeness (QED) is 0.718. The lowest BCUT2D eigenvalue weighted by Gasteiger charge is -2.25. The van der Waals surface area contributed by atoms with E-state index in [9.17, 15) is 0 Å². The van der Waals surface area contributed by atoms with Crippen molar-refractivity contribution in [3.05, 3.63) is 30.1 Å². The second-order valence-electron chi connectivity index (χ2n) is 5.51. The second-order valence-corrected chi connectivity index (χ2v) is 5.51. The third-order valence-corrected chi connectivity index (χ3v) is 3.25. The Morgan fingerprint density at radius 3 is 2.72 bits per heavy atom. The first-order valence-corrected chi connectivity index (χ1v) is 6.89. The van der Waals surface area contributed by atoms with Crippen molar-refractivity contribution in [2.24, 2.45) is 5.92 Å². The maximum Gasteiger partial charge on any atom is 0.0312 e. The van der Waals surface area contributed by atoms with Gasteiger partial charge in [0.15, 0.2) is 0 Å². The SMILES string of the molecule is CC(C)CCNCC(C)N(C)Cc1cccnc1. The van der Waals surface area contributed by atoms with Crippen LogP contribution in [0.5, 0.6) is 0 Å². The van der Waals surface area contributed by atoms with Crippen molar-refractivity contribution in [3.63, 3.8) is 0 Å². The van der Waals surface area contributed by atoms with Crippen molar-refractivity contribution >= 4 is 0 Å². The summed E-state index contributed by atoms with van der Waals surface area (Å²) in [4.78, 5) is 6.51. The van der Waals surface area contributed by atoms with Gasteiger partial charge >= 0.3 is 0 Å². The smallest absolute Gasteiger partial charge is 0.0312 e. The minimum absolute atomic E-state index is 0.539. The maximum atomic E-state index is 4.15. The fourth-order valence-corrected chi connectivity index (χ4v) is 1.79. The van der Waals surface area contributed by atoms with Crippen LogP contribution in [-0.2, 0) is 6.54 Å². The topological polar surface area (TPSA) is 28.2 Å². The molecule has 1 aromatic heterocycles. The van der Waals surface area contributed by atoms with Crippen LogP contribution in [0.25, 0.3) is 0 Å². The summed E-state index contributed by atoms with van der Waals surface area (Å²) >= 11 is 0. The molecule has 0 spiro atoms. The summed E-state index contributed by atoms with van der Waals surface area (Å²) in [5.74, 6) is 0.779. The molecule has 1 N–H and O–H groups in total. The van der Waals surface area contributed by atoms with Crippen LogP contribution in [0.3, 0.4) is 0 Å². The number of aromatic nitrogens is 1. The zero-order valence-electron chi connectivity index (χ0n) is 12.2. The highest BCUT2D eigenvalue weighted by atomic mass is 15.1. The van der Waals surface area contributed by atoms with Crippen molar-refractivity contribution in [1.29, 1.82) is 0 Å². The van der Waals surface area contributed by atoms with Gasteiger partial charge in [-0.05, 0) is 44.5 Å². The van der Waals surface area contributed by atoms with E-state index in [1.54, 1.807) is 0 Å². The molecule has 0 aromatic carbocycles. The second kappa shape index (κ2) is 8.22. The van der Waals surface area contributed by atoms with Crippen LogP contribution in [0.15, 0.2) is 24.5 Å². The molecule has 1 heterocycles. The Labute approximate surface area is 112 Å². The third kappa shape index (κ3) is 6.12. The van der Waals surface area contributed by atoms with Crippen molar-refractivity contribution in [3.8, 4) is 0 Å². The molecule has 0 aliphatic rings. The van der Waals surface area contributed by atoms with E-state index >= 15 is 0 Å². The molecule has 1 unspecified atom stereocenters. The van der Waals surface area contributed by atoms with Crippen molar-refractivity contribution in [2.75, 3.05) is 20.1 Å². The molecule has 0 saturated heterocycles. The molecule has 0 radical (unpaired) electrons. The molecule has 1 atom stereocenters. The van der Waals surface area contributed by atoms with Gasteiger partial charge in [0, 0.05) is 31.5 Å². The largest absolute Gasteiger partial charge is 0.315 e. The fourth-order valence-electron chi connectivity index (χ4n) is 1.79. The number of hydrogen-bond acceptors (Lipinski definition) is 3. The summed E-state index contributed by atoms with van der Waals surface area (Å²) in [6.07, 6.45) is 5.01. The van der Waals surface area contributed by atoms with Gasteiger partial charge in [0.2, 0.25) is 0 Å². The summed E-state index contributed by atoms with van der Waals surface area (Å²) in [6, 6.07) is 4.66. The molecule has 0 aliphatic heterocycles. The summed E-state index contributed by atoms with van der Waals surface area (Å²) in [5.41, 5.74) is 1.27. The molecule has 0 saturated carbocycles. The maximum absolute atomic E-state index is 4.15. The molecule has 0 amide bonds. The van der Waals surface area contributed by atoms with Gasteiger partial charge in [-0.2, -0.15) is 0 Å². The van der Waals surface area contributed by atoms with Gasteiger partial charge in [0.1, 0.15) is 0 Å². The normalized spacial score (nSPS) is 13.2. The van der Waals surface area contributed by atoms with Gasteiger partial charge in [-0.25, -0.2) is 0 Å². The van der Waals surface area contributed by atoms with Gasteiger partial charge in [-0.15, -0.1) is 0 Å². The zero-order valence-corrected chi connectivity index (χ0v) is 12.2. The standard InChI is InChI=1S/C15H27N3/c1-13(2)7-9-17-10-14(3)18(4)12-15-6-5-8-16-11-15/h5-6,8,11,13-14,17H,7,9-10,12H2,1-4H3. The Bertz CT molecular complexity index is 311. The summed E-state index contributed by atoms with van der Waals surface area (Å²) in [5, 5.41) is 3.53. The highest BCUT2D eigenvalue weighted by molar-refractivity contribution is 5.08. The predicted molar refractivity (Wildman–Crippen MR) is 77.5 cm³/mol. The van der Waals surface area contributed by atoms with E-state index in [-0.39, 0.29) is 0 Å². The minimum atomic E-state index is 0.539. The minimum Gasteiger partial charge on any atom is -0.315 e. The number of hydrogen-bond donors (Lipinski definition) is 1. The molecule has 0 fully saturated rings. The average Bonchev–Trinajstić information content (AvgIpc) is 2.35. The highest BCUT2D eigenvalue weighted by Gasteiger charge is 2.09. The number of nitrogens with one attached hydrogen (secondary N) is 1. The van der Waals surface area contributed by atoms with Crippen molar-refractivity contribution < 1.29 is 0 Å². The molecule has 1 aromatic rings. The summed E-state index contributed by atoms with van der Waals surface area (Å²) < 4.78 is 0. The van der Waals surface area contributed by atoms with E-state index in [0.29, 0.717) is 6.04 Å². The van der Waals surface area contributed by atoms with E-state index in [1.807, 2.05) is 18.5 Å². The van der Waals surface area contributed by atoms with E-state index < -0.39 is 0 Å². The lowest BCUT2D eigenvalue weighted by molar-refractivity contribution is 0.242. The van der Waals surface area contributed by atoms with E-state index in [2.05, 4.69) is 49.1 Å². The van der Waals surface area contributed by atoms with Gasteiger partial charge in [0.05, 0.1) is 0 Å². The molecule has 102 valence electrons. The molecule has 0 aliphatic carbocycles. The van der Waals surface area contributed by atoms with Gasteiger partial charge in [-0.1, -0.05) is 19.9 Å². The lowest BCUT2D eigenvalue weighted by Crippen LogP contribution is -2.38. The van der Waals surface area contributed by atoms with Crippen molar-refractivity contribution in [1.82, 2.24) is 15.2 Å². The Morgan fingerprint density at radius 2 is 2.11 bits per heavy atom. The Balaban J connectivity index is 2.22. The molecule has 18 heavy (non-hydrogen) atoms. The first-order valence-electron chi connectivity index (χ1n) is 6.89. The van der Waals surface area contributed by atoms with E-state index in [4.69, 9.17) is 0 Å². The molecule has 3 heteroatoms. The molecular weight excluding hydrogens is 222 g/mol. The summed E-state index contributed by atoms with van der Waals surface area (Å²) in [6.45, 7) is 9.91. The number of likely N-dealkylation sites (N-methyl/N-ethyl adjacent to an activating group) is 1. The van der Waals surface area contributed by atoms with E-state index in [1.165, 1.54) is 12.0 Å². The van der Waals surface area contributed by atoms with Crippen LogP contribution in [0.2, 0.25) is 0 Å². The first kappa shape index (κ1) is 15.1.